The minimum atomic E-state index is -0.397. The molecule has 0 aromatic heterocycles. The first-order chi connectivity index (χ1) is 10.5. The number of nitrogens with zero attached hydrogens (tertiary/aromatic N) is 1. The molecule has 0 heterocycles. The number of likely N-dealkylation sites (N-methyl/N-ethyl adjacent to an activating group) is 1. The number of unbranched alkanes of at least 4 members (excludes halogenated alkanes) is 1. The Balaban J connectivity index is 2.72. The maximum atomic E-state index is 12.3. The second kappa shape index (κ2) is 8.92. The Kier molecular flexibility index (Phi) is 7.22. The Labute approximate surface area is 131 Å². The fourth-order valence-corrected chi connectivity index (χ4v) is 1.97. The van der Waals surface area contributed by atoms with Crippen LogP contribution < -0.4 is 14.8 Å². The van der Waals surface area contributed by atoms with Crippen LogP contribution in [0.25, 0.3) is 0 Å². The Hall–Kier alpha value is -2.24. The van der Waals surface area contributed by atoms with Crippen molar-refractivity contribution in [3.8, 4) is 11.5 Å². The van der Waals surface area contributed by atoms with Gasteiger partial charge in [-0.1, -0.05) is 19.4 Å². The Morgan fingerprint density at radius 1 is 1.18 bits per heavy atom. The highest BCUT2D eigenvalue weighted by Crippen LogP contribution is 2.27. The van der Waals surface area contributed by atoms with Gasteiger partial charge in [0, 0.05) is 13.6 Å². The number of benzene rings is 1. The highest BCUT2D eigenvalue weighted by molar-refractivity contribution is 6.01. The largest absolute Gasteiger partial charge is 0.496 e. The lowest BCUT2D eigenvalue weighted by molar-refractivity contribution is -0.128. The predicted octanol–water partition coefficient (Wildman–Crippen LogP) is 1.69. The lowest BCUT2D eigenvalue weighted by Gasteiger charge is -2.17. The molecule has 1 N–H and O–H groups in total. The molecule has 122 valence electrons. The van der Waals surface area contributed by atoms with Crippen molar-refractivity contribution < 1.29 is 19.1 Å². The van der Waals surface area contributed by atoms with Crippen LogP contribution >= 0.6 is 0 Å². The van der Waals surface area contributed by atoms with Crippen molar-refractivity contribution in [2.75, 3.05) is 34.4 Å². The third-order valence-electron chi connectivity index (χ3n) is 3.33. The number of carbonyl (C=O) groups excluding carboxylic acids is 2. The number of carbonyl (C=O) groups is 2. The summed E-state index contributed by atoms with van der Waals surface area (Å²) >= 11 is 0. The number of hydrogen-bond donors (Lipinski definition) is 1. The van der Waals surface area contributed by atoms with Gasteiger partial charge in [0.2, 0.25) is 5.91 Å². The number of nitrogens with one attached hydrogen (secondary N) is 1. The zero-order valence-corrected chi connectivity index (χ0v) is 13.6. The average Bonchev–Trinajstić information content (AvgIpc) is 2.55. The fraction of sp³-hybridized carbons (Fsp3) is 0.500. The van der Waals surface area contributed by atoms with Gasteiger partial charge in [-0.05, 0) is 18.6 Å². The van der Waals surface area contributed by atoms with E-state index < -0.39 is 5.91 Å². The first-order valence-electron chi connectivity index (χ1n) is 7.28. The molecule has 0 aliphatic heterocycles. The summed E-state index contributed by atoms with van der Waals surface area (Å²) in [6.45, 7) is 2.69. The zero-order valence-electron chi connectivity index (χ0n) is 13.6. The van der Waals surface area contributed by atoms with Gasteiger partial charge < -0.3 is 19.7 Å². The van der Waals surface area contributed by atoms with E-state index >= 15 is 0 Å². The maximum Gasteiger partial charge on any atom is 0.259 e. The fourth-order valence-electron chi connectivity index (χ4n) is 1.97. The monoisotopic (exact) mass is 308 g/mol. The van der Waals surface area contributed by atoms with Gasteiger partial charge in [0.05, 0.1) is 20.8 Å². The molecule has 0 fully saturated rings. The number of hydrogen-bond acceptors (Lipinski definition) is 4. The van der Waals surface area contributed by atoms with Gasteiger partial charge in [0.1, 0.15) is 17.1 Å². The quantitative estimate of drug-likeness (QED) is 0.793. The number of rotatable bonds is 8. The third kappa shape index (κ3) is 4.65. The molecule has 0 saturated heterocycles. The van der Waals surface area contributed by atoms with E-state index in [2.05, 4.69) is 12.2 Å². The summed E-state index contributed by atoms with van der Waals surface area (Å²) < 4.78 is 10.4. The Morgan fingerprint density at radius 3 is 2.27 bits per heavy atom. The topological polar surface area (TPSA) is 67.9 Å². The second-order valence-electron chi connectivity index (χ2n) is 4.89. The van der Waals surface area contributed by atoms with E-state index in [-0.39, 0.29) is 18.0 Å². The van der Waals surface area contributed by atoms with Gasteiger partial charge in [-0.2, -0.15) is 0 Å². The van der Waals surface area contributed by atoms with Crippen LogP contribution in [-0.4, -0.2) is 51.1 Å². The molecule has 0 bridgehead atoms. The van der Waals surface area contributed by atoms with E-state index in [1.165, 1.54) is 14.2 Å². The van der Waals surface area contributed by atoms with Crippen LogP contribution in [0.3, 0.4) is 0 Å². The van der Waals surface area contributed by atoms with E-state index in [1.807, 2.05) is 0 Å². The normalized spacial score (nSPS) is 10.0. The molecule has 0 atom stereocenters. The molecule has 0 radical (unpaired) electrons. The second-order valence-corrected chi connectivity index (χ2v) is 4.89. The smallest absolute Gasteiger partial charge is 0.259 e. The Morgan fingerprint density at radius 2 is 1.77 bits per heavy atom. The molecule has 0 saturated carbocycles. The van der Waals surface area contributed by atoms with Crippen molar-refractivity contribution in [1.82, 2.24) is 10.2 Å². The van der Waals surface area contributed by atoms with E-state index in [0.717, 1.165) is 12.8 Å². The average molecular weight is 308 g/mol. The summed E-state index contributed by atoms with van der Waals surface area (Å²) in [4.78, 5) is 25.9. The standard InChI is InChI=1S/C16H24N2O4/c1-5-6-10-18(2)14(19)11-17-16(20)15-12(21-3)8-7-9-13(15)22-4/h7-9H,5-6,10-11H2,1-4H3,(H,17,20). The van der Waals surface area contributed by atoms with Crippen LogP contribution in [0.15, 0.2) is 18.2 Å². The maximum absolute atomic E-state index is 12.3. The molecule has 0 aliphatic rings. The first-order valence-corrected chi connectivity index (χ1v) is 7.28. The molecule has 0 aliphatic carbocycles. The van der Waals surface area contributed by atoms with Crippen molar-refractivity contribution in [3.63, 3.8) is 0 Å². The van der Waals surface area contributed by atoms with Gasteiger partial charge in [-0.15, -0.1) is 0 Å². The lowest BCUT2D eigenvalue weighted by atomic mass is 10.1. The van der Waals surface area contributed by atoms with Crippen molar-refractivity contribution in [2.24, 2.45) is 0 Å². The van der Waals surface area contributed by atoms with E-state index in [1.54, 1.807) is 30.1 Å². The van der Waals surface area contributed by atoms with Crippen molar-refractivity contribution in [3.05, 3.63) is 23.8 Å². The number of amides is 2. The molecule has 2 amide bonds. The van der Waals surface area contributed by atoms with Crippen molar-refractivity contribution in [1.29, 1.82) is 0 Å². The summed E-state index contributed by atoms with van der Waals surface area (Å²) in [5.41, 5.74) is 0.288. The highest BCUT2D eigenvalue weighted by Gasteiger charge is 2.19. The van der Waals surface area contributed by atoms with Gasteiger partial charge in [0.25, 0.3) is 5.91 Å². The molecular weight excluding hydrogens is 284 g/mol. The van der Waals surface area contributed by atoms with E-state index in [4.69, 9.17) is 9.47 Å². The van der Waals surface area contributed by atoms with Gasteiger partial charge in [-0.25, -0.2) is 0 Å². The number of ether oxygens (including phenoxy) is 2. The molecule has 0 spiro atoms. The molecule has 22 heavy (non-hydrogen) atoms. The predicted molar refractivity (Wildman–Crippen MR) is 84.4 cm³/mol. The summed E-state index contributed by atoms with van der Waals surface area (Å²) in [6, 6.07) is 5.08. The number of methoxy groups -OCH3 is 2. The van der Waals surface area contributed by atoms with Crippen LogP contribution in [0.4, 0.5) is 0 Å². The van der Waals surface area contributed by atoms with E-state index in [9.17, 15) is 9.59 Å². The highest BCUT2D eigenvalue weighted by atomic mass is 16.5. The van der Waals surface area contributed by atoms with Gasteiger partial charge in [0.15, 0.2) is 0 Å². The molecule has 1 aromatic carbocycles. The summed E-state index contributed by atoms with van der Waals surface area (Å²) in [5.74, 6) is 0.287. The molecule has 1 aromatic rings. The molecule has 6 heteroatoms. The molecular formula is C16H24N2O4. The third-order valence-corrected chi connectivity index (χ3v) is 3.33. The Bertz CT molecular complexity index is 495. The van der Waals surface area contributed by atoms with E-state index in [0.29, 0.717) is 18.0 Å². The van der Waals surface area contributed by atoms with Crippen LogP contribution in [0.2, 0.25) is 0 Å². The molecule has 6 nitrogen and oxygen atoms in total. The molecule has 1 rings (SSSR count). The minimum absolute atomic E-state index is 0.0553. The van der Waals surface area contributed by atoms with Crippen LogP contribution in [0.1, 0.15) is 30.1 Å². The van der Waals surface area contributed by atoms with Crippen LogP contribution in [-0.2, 0) is 4.79 Å². The summed E-state index contributed by atoms with van der Waals surface area (Å²) in [5, 5.41) is 2.62. The summed E-state index contributed by atoms with van der Waals surface area (Å²) in [7, 11) is 4.69. The summed E-state index contributed by atoms with van der Waals surface area (Å²) in [6.07, 6.45) is 1.96. The first kappa shape index (κ1) is 17.8. The van der Waals surface area contributed by atoms with Crippen molar-refractivity contribution in [2.45, 2.75) is 19.8 Å². The van der Waals surface area contributed by atoms with Gasteiger partial charge in [-0.3, -0.25) is 9.59 Å². The SMILES string of the molecule is CCCCN(C)C(=O)CNC(=O)c1c(OC)cccc1OC. The van der Waals surface area contributed by atoms with Crippen LogP contribution in [0, 0.1) is 0 Å². The van der Waals surface area contributed by atoms with Crippen molar-refractivity contribution >= 4 is 11.8 Å². The lowest BCUT2D eigenvalue weighted by Crippen LogP contribution is -2.38. The van der Waals surface area contributed by atoms with Gasteiger partial charge >= 0.3 is 0 Å². The zero-order chi connectivity index (χ0) is 16.5. The minimum Gasteiger partial charge on any atom is -0.496 e. The molecule has 0 unspecified atom stereocenters. The van der Waals surface area contributed by atoms with Crippen LogP contribution in [0.5, 0.6) is 11.5 Å².